The van der Waals surface area contributed by atoms with Crippen molar-refractivity contribution in [1.82, 2.24) is 5.32 Å². The van der Waals surface area contributed by atoms with Gasteiger partial charge in [0.15, 0.2) is 0 Å². The number of nitro benzene ring substituents is 1. The van der Waals surface area contributed by atoms with E-state index < -0.39 is 16.4 Å². The molecule has 0 radical (unpaired) electrons. The summed E-state index contributed by atoms with van der Waals surface area (Å²) in [6.45, 7) is 3.78. The molecule has 0 saturated carbocycles. The largest absolute Gasteiger partial charge is 0.388 e. The number of benzene rings is 1. The molecule has 1 amide bonds. The Kier molecular flexibility index (Phi) is 5.64. The molecule has 1 aromatic rings. The molecule has 20 heavy (non-hydrogen) atoms. The number of halogens is 1. The van der Waals surface area contributed by atoms with Gasteiger partial charge in [-0.1, -0.05) is 29.8 Å². The SMILES string of the molecule is CCC(O)(CC)CNC(=O)c1cc(Br)cc([N+](=O)[O-])c1. The van der Waals surface area contributed by atoms with Crippen molar-refractivity contribution in [3.8, 4) is 0 Å². The lowest BCUT2D eigenvalue weighted by molar-refractivity contribution is -0.385. The average molecular weight is 345 g/mol. The molecule has 0 spiro atoms. The molecule has 1 rings (SSSR count). The van der Waals surface area contributed by atoms with Gasteiger partial charge in [-0.2, -0.15) is 0 Å². The minimum atomic E-state index is -0.951. The van der Waals surface area contributed by atoms with Crippen LogP contribution in [0.25, 0.3) is 0 Å². The number of nitrogens with zero attached hydrogens (tertiary/aromatic N) is 1. The monoisotopic (exact) mass is 344 g/mol. The number of rotatable bonds is 6. The third kappa shape index (κ3) is 4.28. The van der Waals surface area contributed by atoms with Crippen molar-refractivity contribution in [2.45, 2.75) is 32.3 Å². The summed E-state index contributed by atoms with van der Waals surface area (Å²) in [4.78, 5) is 22.2. The summed E-state index contributed by atoms with van der Waals surface area (Å²) < 4.78 is 0.457. The van der Waals surface area contributed by atoms with Crippen molar-refractivity contribution >= 4 is 27.5 Å². The fourth-order valence-electron chi connectivity index (χ4n) is 1.66. The quantitative estimate of drug-likeness (QED) is 0.612. The maximum atomic E-state index is 12.0. The Morgan fingerprint density at radius 1 is 1.40 bits per heavy atom. The van der Waals surface area contributed by atoms with Gasteiger partial charge >= 0.3 is 0 Å². The van der Waals surface area contributed by atoms with E-state index in [1.54, 1.807) is 0 Å². The third-order valence-corrected chi connectivity index (χ3v) is 3.71. The number of carbonyl (C=O) groups excluding carboxylic acids is 1. The maximum Gasteiger partial charge on any atom is 0.271 e. The third-order valence-electron chi connectivity index (χ3n) is 3.25. The average Bonchev–Trinajstić information content (AvgIpc) is 2.43. The lowest BCUT2D eigenvalue weighted by Gasteiger charge is -2.25. The van der Waals surface area contributed by atoms with Gasteiger partial charge in [-0.15, -0.1) is 0 Å². The molecule has 7 heteroatoms. The number of hydrogen-bond acceptors (Lipinski definition) is 4. The summed E-state index contributed by atoms with van der Waals surface area (Å²) in [6, 6.07) is 4.03. The molecule has 0 bridgehead atoms. The van der Waals surface area contributed by atoms with Crippen LogP contribution in [0, 0.1) is 10.1 Å². The Morgan fingerprint density at radius 3 is 2.50 bits per heavy atom. The minimum Gasteiger partial charge on any atom is -0.388 e. The molecule has 0 atom stereocenters. The van der Waals surface area contributed by atoms with Crippen LogP contribution in [0.5, 0.6) is 0 Å². The fraction of sp³-hybridized carbons (Fsp3) is 0.462. The highest BCUT2D eigenvalue weighted by molar-refractivity contribution is 9.10. The van der Waals surface area contributed by atoms with Crippen LogP contribution in [0.15, 0.2) is 22.7 Å². The van der Waals surface area contributed by atoms with Crippen LogP contribution in [0.4, 0.5) is 5.69 Å². The van der Waals surface area contributed by atoms with Gasteiger partial charge in [0.05, 0.1) is 10.5 Å². The molecule has 0 unspecified atom stereocenters. The van der Waals surface area contributed by atoms with Crippen LogP contribution in [-0.2, 0) is 0 Å². The van der Waals surface area contributed by atoms with Crippen molar-refractivity contribution in [2.24, 2.45) is 0 Å². The smallest absolute Gasteiger partial charge is 0.271 e. The lowest BCUT2D eigenvalue weighted by atomic mass is 9.97. The molecule has 0 aliphatic rings. The van der Waals surface area contributed by atoms with Crippen LogP contribution >= 0.6 is 15.9 Å². The van der Waals surface area contributed by atoms with Gasteiger partial charge in [0.25, 0.3) is 11.6 Å². The van der Waals surface area contributed by atoms with Crippen LogP contribution < -0.4 is 5.32 Å². The van der Waals surface area contributed by atoms with E-state index in [-0.39, 0.29) is 17.8 Å². The zero-order chi connectivity index (χ0) is 15.3. The summed E-state index contributed by atoms with van der Waals surface area (Å²) in [5.41, 5.74) is -0.931. The molecular weight excluding hydrogens is 328 g/mol. The Balaban J connectivity index is 2.85. The molecule has 0 saturated heterocycles. The van der Waals surface area contributed by atoms with Gasteiger partial charge in [0, 0.05) is 28.7 Å². The van der Waals surface area contributed by atoms with E-state index in [9.17, 15) is 20.0 Å². The van der Waals surface area contributed by atoms with E-state index in [0.717, 1.165) is 0 Å². The minimum absolute atomic E-state index is 0.110. The first-order valence-electron chi connectivity index (χ1n) is 6.27. The Bertz CT molecular complexity index is 515. The topological polar surface area (TPSA) is 92.5 Å². The molecule has 0 fully saturated rings. The van der Waals surface area contributed by atoms with Crippen LogP contribution in [0.2, 0.25) is 0 Å². The number of hydrogen-bond donors (Lipinski definition) is 2. The number of amides is 1. The summed E-state index contributed by atoms with van der Waals surface area (Å²) in [5.74, 6) is -0.449. The van der Waals surface area contributed by atoms with Crippen LogP contribution in [-0.4, -0.2) is 28.1 Å². The number of carbonyl (C=O) groups is 1. The summed E-state index contributed by atoms with van der Waals surface area (Å²) >= 11 is 3.13. The van der Waals surface area contributed by atoms with E-state index in [0.29, 0.717) is 17.3 Å². The first-order chi connectivity index (χ1) is 9.31. The molecule has 0 aromatic heterocycles. The van der Waals surface area contributed by atoms with E-state index >= 15 is 0 Å². The maximum absolute atomic E-state index is 12.0. The second kappa shape index (κ2) is 6.81. The predicted octanol–water partition coefficient (Wildman–Crippen LogP) is 2.64. The Morgan fingerprint density at radius 2 is 2.00 bits per heavy atom. The van der Waals surface area contributed by atoms with Gasteiger partial charge in [-0.25, -0.2) is 0 Å². The van der Waals surface area contributed by atoms with Gasteiger partial charge in [0.1, 0.15) is 0 Å². The first kappa shape index (κ1) is 16.6. The van der Waals surface area contributed by atoms with Crippen molar-refractivity contribution in [1.29, 1.82) is 0 Å². The number of nitrogens with one attached hydrogen (secondary N) is 1. The second-order valence-electron chi connectivity index (χ2n) is 4.57. The van der Waals surface area contributed by atoms with Crippen LogP contribution in [0.1, 0.15) is 37.0 Å². The number of aliphatic hydroxyl groups is 1. The lowest BCUT2D eigenvalue weighted by Crippen LogP contribution is -2.42. The number of non-ortho nitro benzene ring substituents is 1. The molecular formula is C13H17BrN2O4. The summed E-state index contributed by atoms with van der Waals surface area (Å²) in [7, 11) is 0. The van der Waals surface area contributed by atoms with Crippen molar-refractivity contribution in [3.05, 3.63) is 38.3 Å². The molecule has 0 aliphatic heterocycles. The predicted molar refractivity (Wildman–Crippen MR) is 78.7 cm³/mol. The highest BCUT2D eigenvalue weighted by Crippen LogP contribution is 2.21. The van der Waals surface area contributed by atoms with Gasteiger partial charge < -0.3 is 10.4 Å². The zero-order valence-corrected chi connectivity index (χ0v) is 12.9. The van der Waals surface area contributed by atoms with E-state index in [4.69, 9.17) is 0 Å². The highest BCUT2D eigenvalue weighted by Gasteiger charge is 2.23. The van der Waals surface area contributed by atoms with Crippen LogP contribution in [0.3, 0.4) is 0 Å². The fourth-order valence-corrected chi connectivity index (χ4v) is 2.14. The van der Waals surface area contributed by atoms with Crippen molar-refractivity contribution in [2.75, 3.05) is 6.54 Å². The van der Waals surface area contributed by atoms with Gasteiger partial charge in [0.2, 0.25) is 0 Å². The summed E-state index contributed by atoms with van der Waals surface area (Å²) in [5, 5.41) is 23.4. The zero-order valence-electron chi connectivity index (χ0n) is 11.4. The molecule has 0 aliphatic carbocycles. The molecule has 1 aromatic carbocycles. The molecule has 6 nitrogen and oxygen atoms in total. The normalized spacial score (nSPS) is 11.2. The second-order valence-corrected chi connectivity index (χ2v) is 5.49. The standard InChI is InChI=1S/C13H17BrN2O4/c1-3-13(18,4-2)8-15-12(17)9-5-10(14)7-11(6-9)16(19)20/h5-7,18H,3-4,8H2,1-2H3,(H,15,17). The first-order valence-corrected chi connectivity index (χ1v) is 7.06. The molecule has 110 valence electrons. The number of nitro groups is 1. The van der Waals surface area contributed by atoms with E-state index in [1.165, 1.54) is 18.2 Å². The van der Waals surface area contributed by atoms with E-state index in [2.05, 4.69) is 21.2 Å². The van der Waals surface area contributed by atoms with Gasteiger partial charge in [-0.05, 0) is 18.9 Å². The van der Waals surface area contributed by atoms with Crippen molar-refractivity contribution < 1.29 is 14.8 Å². The molecule has 2 N–H and O–H groups in total. The Hall–Kier alpha value is -1.47. The van der Waals surface area contributed by atoms with E-state index in [1.807, 2.05) is 13.8 Å². The van der Waals surface area contributed by atoms with Crippen molar-refractivity contribution in [3.63, 3.8) is 0 Å². The highest BCUT2D eigenvalue weighted by atomic mass is 79.9. The molecule has 0 heterocycles. The van der Waals surface area contributed by atoms with Gasteiger partial charge in [-0.3, -0.25) is 14.9 Å². The summed E-state index contributed by atoms with van der Waals surface area (Å²) in [6.07, 6.45) is 1.03. The Labute approximate surface area is 125 Å².